The van der Waals surface area contributed by atoms with Crippen molar-refractivity contribution in [2.75, 3.05) is 0 Å². The van der Waals surface area contributed by atoms with Gasteiger partial charge in [0, 0.05) is 18.2 Å². The number of hydrogen-bond donors (Lipinski definition) is 0. The molecule has 0 aliphatic rings. The molecule has 1 heterocycles. The molecular weight excluding hydrogens is 246 g/mol. The average Bonchev–Trinajstić information content (AvgIpc) is 2.28. The Morgan fingerprint density at radius 3 is 2.61 bits per heavy atom. The van der Waals surface area contributed by atoms with Crippen molar-refractivity contribution in [1.29, 1.82) is 0 Å². The van der Waals surface area contributed by atoms with Crippen LogP contribution in [0.4, 0.5) is 14.5 Å². The number of nitro benzene ring substituents is 1. The lowest BCUT2D eigenvalue weighted by molar-refractivity contribution is -0.387. The van der Waals surface area contributed by atoms with Crippen molar-refractivity contribution in [3.8, 4) is 11.6 Å². The summed E-state index contributed by atoms with van der Waals surface area (Å²) in [7, 11) is 0. The maximum atomic E-state index is 13.3. The number of ether oxygens (including phenoxy) is 1. The quantitative estimate of drug-likeness (QED) is 0.478. The number of aromatic nitrogens is 1. The number of nitro groups is 1. The van der Waals surface area contributed by atoms with Crippen LogP contribution in [0.3, 0.4) is 0 Å². The van der Waals surface area contributed by atoms with Gasteiger partial charge in [-0.05, 0) is 12.1 Å². The van der Waals surface area contributed by atoms with E-state index in [9.17, 15) is 18.9 Å². The van der Waals surface area contributed by atoms with Crippen molar-refractivity contribution < 1.29 is 18.4 Å². The second-order valence-corrected chi connectivity index (χ2v) is 3.27. The van der Waals surface area contributed by atoms with Crippen LogP contribution in [0.2, 0.25) is 0 Å². The maximum Gasteiger partial charge on any atom is 0.305 e. The Morgan fingerprint density at radius 1 is 1.22 bits per heavy atom. The first-order valence-electron chi connectivity index (χ1n) is 4.80. The Balaban J connectivity index is 2.25. The number of halogens is 2. The third-order valence-corrected chi connectivity index (χ3v) is 2.03. The summed E-state index contributed by atoms with van der Waals surface area (Å²) in [4.78, 5) is 13.0. The van der Waals surface area contributed by atoms with Crippen LogP contribution < -0.4 is 4.74 Å². The molecule has 0 saturated heterocycles. The first-order valence-corrected chi connectivity index (χ1v) is 4.80. The largest absolute Gasteiger partial charge is 0.439 e. The maximum absolute atomic E-state index is 13.3. The van der Waals surface area contributed by atoms with Gasteiger partial charge in [-0.1, -0.05) is 6.07 Å². The molecule has 92 valence electrons. The van der Waals surface area contributed by atoms with Gasteiger partial charge >= 0.3 is 5.69 Å². The van der Waals surface area contributed by atoms with Crippen molar-refractivity contribution in [1.82, 2.24) is 4.98 Å². The van der Waals surface area contributed by atoms with Gasteiger partial charge in [0.2, 0.25) is 17.6 Å². The summed E-state index contributed by atoms with van der Waals surface area (Å²) in [5.74, 6) is -1.84. The first-order chi connectivity index (χ1) is 8.56. The Hall–Kier alpha value is -2.57. The molecule has 18 heavy (non-hydrogen) atoms. The van der Waals surface area contributed by atoms with E-state index in [1.54, 1.807) is 0 Å². The van der Waals surface area contributed by atoms with E-state index in [-0.39, 0.29) is 11.6 Å². The van der Waals surface area contributed by atoms with Gasteiger partial charge in [-0.3, -0.25) is 10.1 Å². The van der Waals surface area contributed by atoms with E-state index in [1.165, 1.54) is 18.2 Å². The lowest BCUT2D eigenvalue weighted by atomic mass is 10.3. The molecule has 7 heteroatoms. The molecule has 0 saturated carbocycles. The topological polar surface area (TPSA) is 65.3 Å². The van der Waals surface area contributed by atoms with Crippen LogP contribution in [0, 0.1) is 21.9 Å². The lowest BCUT2D eigenvalue weighted by Gasteiger charge is -2.04. The molecule has 0 bridgehead atoms. The fourth-order valence-corrected chi connectivity index (χ4v) is 1.27. The summed E-state index contributed by atoms with van der Waals surface area (Å²) in [5, 5.41) is 10.4. The van der Waals surface area contributed by atoms with E-state index in [2.05, 4.69) is 4.98 Å². The second-order valence-electron chi connectivity index (χ2n) is 3.27. The fraction of sp³-hybridized carbons (Fsp3) is 0. The van der Waals surface area contributed by atoms with E-state index in [1.807, 2.05) is 0 Å². The van der Waals surface area contributed by atoms with E-state index in [4.69, 9.17) is 4.74 Å². The van der Waals surface area contributed by atoms with Crippen molar-refractivity contribution in [2.45, 2.75) is 0 Å². The number of benzene rings is 1. The molecule has 0 radical (unpaired) electrons. The Labute approximate surface area is 99.8 Å². The SMILES string of the molecule is O=[N+]([O-])c1ccc(Oc2cccc(F)n2)cc1F. The zero-order valence-corrected chi connectivity index (χ0v) is 8.84. The summed E-state index contributed by atoms with van der Waals surface area (Å²) >= 11 is 0. The summed E-state index contributed by atoms with van der Waals surface area (Å²) in [6.45, 7) is 0. The standard InChI is InChI=1S/C11H6F2N2O3/c12-8-6-7(4-5-9(8)15(16)17)18-11-3-1-2-10(13)14-11/h1-6H. The van der Waals surface area contributed by atoms with Gasteiger partial charge in [0.15, 0.2) is 0 Å². The van der Waals surface area contributed by atoms with Crippen molar-refractivity contribution >= 4 is 5.69 Å². The zero-order valence-electron chi connectivity index (χ0n) is 8.84. The number of hydrogen-bond acceptors (Lipinski definition) is 4. The second kappa shape index (κ2) is 4.74. The van der Waals surface area contributed by atoms with E-state index < -0.39 is 22.4 Å². The van der Waals surface area contributed by atoms with Crippen LogP contribution in [0.5, 0.6) is 11.6 Å². The molecule has 5 nitrogen and oxygen atoms in total. The highest BCUT2D eigenvalue weighted by Gasteiger charge is 2.14. The molecule has 0 fully saturated rings. The average molecular weight is 252 g/mol. The van der Waals surface area contributed by atoms with Gasteiger partial charge in [0.1, 0.15) is 5.75 Å². The molecule has 0 aliphatic heterocycles. The molecular formula is C11H6F2N2O3. The molecule has 0 atom stereocenters. The third-order valence-electron chi connectivity index (χ3n) is 2.03. The fourth-order valence-electron chi connectivity index (χ4n) is 1.27. The van der Waals surface area contributed by atoms with Gasteiger partial charge in [-0.15, -0.1) is 0 Å². The number of pyridine rings is 1. The molecule has 1 aromatic carbocycles. The van der Waals surface area contributed by atoms with Gasteiger partial charge in [-0.2, -0.15) is 13.8 Å². The van der Waals surface area contributed by atoms with Crippen LogP contribution in [0.1, 0.15) is 0 Å². The first kappa shape index (κ1) is 11.9. The molecule has 0 unspecified atom stereocenters. The monoisotopic (exact) mass is 252 g/mol. The molecule has 0 aliphatic carbocycles. The highest BCUT2D eigenvalue weighted by molar-refractivity contribution is 5.39. The molecule has 2 aromatic rings. The minimum absolute atomic E-state index is 0.00352. The summed E-state index contributed by atoms with van der Waals surface area (Å²) in [6.07, 6.45) is 0. The van der Waals surface area contributed by atoms with Gasteiger partial charge in [0.05, 0.1) is 4.92 Å². The zero-order chi connectivity index (χ0) is 13.1. The van der Waals surface area contributed by atoms with Crippen LogP contribution in [0.15, 0.2) is 36.4 Å². The molecule has 0 N–H and O–H groups in total. The summed E-state index contributed by atoms with van der Waals surface area (Å²) < 4.78 is 31.1. The highest BCUT2D eigenvalue weighted by atomic mass is 19.1. The van der Waals surface area contributed by atoms with Crippen molar-refractivity contribution in [3.63, 3.8) is 0 Å². The van der Waals surface area contributed by atoms with E-state index in [0.717, 1.165) is 18.2 Å². The Kier molecular flexibility index (Phi) is 3.13. The molecule has 2 rings (SSSR count). The van der Waals surface area contributed by atoms with Crippen molar-refractivity contribution in [2.24, 2.45) is 0 Å². The summed E-state index contributed by atoms with van der Waals surface area (Å²) in [5.41, 5.74) is -0.658. The predicted molar refractivity (Wildman–Crippen MR) is 57.3 cm³/mol. The number of rotatable bonds is 3. The van der Waals surface area contributed by atoms with Gasteiger partial charge in [0.25, 0.3) is 0 Å². The molecule has 0 spiro atoms. The summed E-state index contributed by atoms with van der Waals surface area (Å²) in [6, 6.07) is 6.88. The van der Waals surface area contributed by atoms with Crippen LogP contribution in [0.25, 0.3) is 0 Å². The van der Waals surface area contributed by atoms with Gasteiger partial charge in [-0.25, -0.2) is 0 Å². The van der Waals surface area contributed by atoms with Crippen LogP contribution >= 0.6 is 0 Å². The minimum Gasteiger partial charge on any atom is -0.439 e. The minimum atomic E-state index is -1.03. The smallest absolute Gasteiger partial charge is 0.305 e. The van der Waals surface area contributed by atoms with Crippen molar-refractivity contribution in [3.05, 3.63) is 58.3 Å². The Bertz CT molecular complexity index is 605. The predicted octanol–water partition coefficient (Wildman–Crippen LogP) is 3.06. The molecule has 0 amide bonds. The normalized spacial score (nSPS) is 10.1. The lowest BCUT2D eigenvalue weighted by Crippen LogP contribution is -1.94. The third kappa shape index (κ3) is 2.57. The van der Waals surface area contributed by atoms with Crippen LogP contribution in [-0.2, 0) is 0 Å². The van der Waals surface area contributed by atoms with Crippen LogP contribution in [-0.4, -0.2) is 9.91 Å². The molecule has 1 aromatic heterocycles. The van der Waals surface area contributed by atoms with E-state index in [0.29, 0.717) is 0 Å². The number of nitrogens with zero attached hydrogens (tertiary/aromatic N) is 2. The van der Waals surface area contributed by atoms with E-state index >= 15 is 0 Å². The van der Waals surface area contributed by atoms with Gasteiger partial charge < -0.3 is 4.74 Å². The highest BCUT2D eigenvalue weighted by Crippen LogP contribution is 2.25. The Morgan fingerprint density at radius 2 is 2.00 bits per heavy atom.